The van der Waals surface area contributed by atoms with Gasteiger partial charge < -0.3 is 10.4 Å². The Labute approximate surface area is 101 Å². The number of amides is 1. The lowest BCUT2D eigenvalue weighted by atomic mass is 10.2. The van der Waals surface area contributed by atoms with E-state index in [0.717, 1.165) is 0 Å². The zero-order valence-corrected chi connectivity index (χ0v) is 11.1. The normalized spacial score (nSPS) is 13.4. The van der Waals surface area contributed by atoms with Crippen molar-refractivity contribution in [3.63, 3.8) is 0 Å². The Kier molecular flexibility index (Phi) is 6.15. The molecule has 1 unspecified atom stereocenters. The van der Waals surface area contributed by atoms with Crippen LogP contribution < -0.4 is 5.32 Å². The molecule has 0 aromatic heterocycles. The lowest BCUT2D eigenvalue weighted by Crippen LogP contribution is -2.38. The van der Waals surface area contributed by atoms with Crippen molar-refractivity contribution in [2.24, 2.45) is 5.92 Å². The number of hydrogen-bond acceptors (Lipinski definition) is 4. The first-order chi connectivity index (χ1) is 7.62. The van der Waals surface area contributed by atoms with Gasteiger partial charge in [0, 0.05) is 6.04 Å². The zero-order chi connectivity index (χ0) is 13.6. The molecule has 6 nitrogen and oxygen atoms in total. The van der Waals surface area contributed by atoms with Crippen molar-refractivity contribution in [2.75, 3.05) is 11.5 Å². The summed E-state index contributed by atoms with van der Waals surface area (Å²) in [7, 11) is -3.41. The SMILES string of the molecule is CC(C)CS(=O)(=O)CC(=O)NC(C)CC(=O)O. The number of carbonyl (C=O) groups excluding carboxylic acids is 1. The molecule has 0 aromatic carbocycles. The third kappa shape index (κ3) is 8.67. The number of sulfone groups is 1. The predicted molar refractivity (Wildman–Crippen MR) is 63.3 cm³/mol. The second-order valence-corrected chi connectivity index (χ2v) is 6.62. The lowest BCUT2D eigenvalue weighted by molar-refractivity contribution is -0.137. The molecule has 17 heavy (non-hydrogen) atoms. The predicted octanol–water partition coefficient (Wildman–Crippen LogP) is 0.0366. The number of rotatable bonds is 7. The Bertz CT molecular complexity index is 374. The molecule has 0 saturated heterocycles. The van der Waals surface area contributed by atoms with Crippen molar-refractivity contribution in [2.45, 2.75) is 33.2 Å². The molecule has 0 aliphatic carbocycles. The van der Waals surface area contributed by atoms with Crippen molar-refractivity contribution < 1.29 is 23.1 Å². The first-order valence-electron chi connectivity index (χ1n) is 5.34. The number of carboxylic acid groups (broad SMARTS) is 1. The van der Waals surface area contributed by atoms with Crippen molar-refractivity contribution >= 4 is 21.7 Å². The van der Waals surface area contributed by atoms with E-state index in [1.165, 1.54) is 6.92 Å². The summed E-state index contributed by atoms with van der Waals surface area (Å²) in [5, 5.41) is 10.8. The maximum atomic E-state index is 11.5. The van der Waals surface area contributed by atoms with Gasteiger partial charge >= 0.3 is 5.97 Å². The molecule has 0 fully saturated rings. The Hall–Kier alpha value is -1.11. The molecular formula is C10H19NO5S. The van der Waals surface area contributed by atoms with E-state index in [-0.39, 0.29) is 18.1 Å². The zero-order valence-electron chi connectivity index (χ0n) is 10.3. The Morgan fingerprint density at radius 3 is 2.18 bits per heavy atom. The molecule has 1 atom stereocenters. The van der Waals surface area contributed by atoms with Crippen LogP contribution in [0.15, 0.2) is 0 Å². The summed E-state index contributed by atoms with van der Waals surface area (Å²) in [4.78, 5) is 21.7. The second kappa shape index (κ2) is 6.58. The van der Waals surface area contributed by atoms with Crippen LogP contribution in [0, 0.1) is 5.92 Å². The van der Waals surface area contributed by atoms with Crippen LogP contribution in [0.5, 0.6) is 0 Å². The summed E-state index contributed by atoms with van der Waals surface area (Å²) in [6.07, 6.45) is -0.226. The quantitative estimate of drug-likeness (QED) is 0.676. The summed E-state index contributed by atoms with van der Waals surface area (Å²) in [5.74, 6) is -2.37. The smallest absolute Gasteiger partial charge is 0.305 e. The van der Waals surface area contributed by atoms with Gasteiger partial charge in [0.25, 0.3) is 0 Å². The molecule has 0 aliphatic rings. The fraction of sp³-hybridized carbons (Fsp3) is 0.800. The summed E-state index contributed by atoms with van der Waals surface area (Å²) >= 11 is 0. The second-order valence-electron chi connectivity index (χ2n) is 4.51. The largest absolute Gasteiger partial charge is 0.481 e. The maximum Gasteiger partial charge on any atom is 0.305 e. The first-order valence-corrected chi connectivity index (χ1v) is 7.16. The minimum atomic E-state index is -3.41. The van der Waals surface area contributed by atoms with Gasteiger partial charge in [0.05, 0.1) is 12.2 Å². The van der Waals surface area contributed by atoms with Crippen molar-refractivity contribution in [3.8, 4) is 0 Å². The van der Waals surface area contributed by atoms with Gasteiger partial charge in [-0.15, -0.1) is 0 Å². The van der Waals surface area contributed by atoms with Gasteiger partial charge in [-0.2, -0.15) is 0 Å². The Morgan fingerprint density at radius 1 is 1.24 bits per heavy atom. The number of nitrogens with one attached hydrogen (secondary N) is 1. The number of carbonyl (C=O) groups is 2. The van der Waals surface area contributed by atoms with E-state index in [9.17, 15) is 18.0 Å². The van der Waals surface area contributed by atoms with Crippen LogP contribution in [0.25, 0.3) is 0 Å². The molecular weight excluding hydrogens is 246 g/mol. The average Bonchev–Trinajstić information content (AvgIpc) is 1.95. The van der Waals surface area contributed by atoms with E-state index in [1.54, 1.807) is 13.8 Å². The van der Waals surface area contributed by atoms with Gasteiger partial charge in [0.15, 0.2) is 9.84 Å². The molecule has 0 aliphatic heterocycles. The molecule has 0 heterocycles. The molecule has 0 radical (unpaired) electrons. The van der Waals surface area contributed by atoms with Crippen molar-refractivity contribution in [1.82, 2.24) is 5.32 Å². The first kappa shape index (κ1) is 15.9. The molecule has 2 N–H and O–H groups in total. The van der Waals surface area contributed by atoms with Gasteiger partial charge in [0.2, 0.25) is 5.91 Å². The van der Waals surface area contributed by atoms with E-state index in [1.807, 2.05) is 0 Å². The third-order valence-electron chi connectivity index (χ3n) is 1.83. The maximum absolute atomic E-state index is 11.5. The van der Waals surface area contributed by atoms with Crippen molar-refractivity contribution in [1.29, 1.82) is 0 Å². The third-order valence-corrected chi connectivity index (χ3v) is 3.70. The van der Waals surface area contributed by atoms with Crippen LogP contribution in [0.2, 0.25) is 0 Å². The van der Waals surface area contributed by atoms with Gasteiger partial charge in [-0.05, 0) is 12.8 Å². The molecule has 0 aromatic rings. The van der Waals surface area contributed by atoms with Gasteiger partial charge in [-0.25, -0.2) is 8.42 Å². The molecule has 0 bridgehead atoms. The molecule has 0 rings (SSSR count). The number of aliphatic carboxylic acids is 1. The summed E-state index contributed by atoms with van der Waals surface area (Å²) in [6, 6.07) is -0.575. The highest BCUT2D eigenvalue weighted by atomic mass is 32.2. The van der Waals surface area contributed by atoms with Crippen molar-refractivity contribution in [3.05, 3.63) is 0 Å². The van der Waals surface area contributed by atoms with Crippen LogP contribution in [-0.4, -0.2) is 42.9 Å². The Morgan fingerprint density at radius 2 is 1.76 bits per heavy atom. The van der Waals surface area contributed by atoms with E-state index in [2.05, 4.69) is 5.32 Å². The number of hydrogen-bond donors (Lipinski definition) is 2. The van der Waals surface area contributed by atoms with Gasteiger partial charge in [-0.3, -0.25) is 9.59 Å². The fourth-order valence-corrected chi connectivity index (χ4v) is 3.01. The summed E-state index contributed by atoms with van der Waals surface area (Å²) < 4.78 is 23.0. The molecule has 1 amide bonds. The van der Waals surface area contributed by atoms with Crippen LogP contribution in [0.1, 0.15) is 27.2 Å². The molecule has 0 saturated carbocycles. The van der Waals surface area contributed by atoms with E-state index in [0.29, 0.717) is 0 Å². The molecule has 0 spiro atoms. The summed E-state index contributed by atoms with van der Waals surface area (Å²) in [6.45, 7) is 5.02. The van der Waals surface area contributed by atoms with E-state index >= 15 is 0 Å². The fourth-order valence-electron chi connectivity index (χ4n) is 1.40. The molecule has 7 heteroatoms. The van der Waals surface area contributed by atoms with Crippen LogP contribution in [0.3, 0.4) is 0 Å². The van der Waals surface area contributed by atoms with Gasteiger partial charge in [0.1, 0.15) is 5.75 Å². The van der Waals surface area contributed by atoms with Crippen LogP contribution >= 0.6 is 0 Å². The average molecular weight is 265 g/mol. The minimum absolute atomic E-state index is 0.0377. The highest BCUT2D eigenvalue weighted by molar-refractivity contribution is 7.92. The highest BCUT2D eigenvalue weighted by Crippen LogP contribution is 2.01. The monoisotopic (exact) mass is 265 g/mol. The standard InChI is InChI=1S/C10H19NO5S/c1-7(2)5-17(15,16)6-9(12)11-8(3)4-10(13)14/h7-8H,4-6H2,1-3H3,(H,11,12)(H,13,14). The Balaban J connectivity index is 4.22. The topological polar surface area (TPSA) is 101 Å². The van der Waals surface area contributed by atoms with Gasteiger partial charge in [-0.1, -0.05) is 13.8 Å². The van der Waals surface area contributed by atoms with E-state index in [4.69, 9.17) is 5.11 Å². The highest BCUT2D eigenvalue weighted by Gasteiger charge is 2.19. The number of carboxylic acids is 1. The molecule has 100 valence electrons. The summed E-state index contributed by atoms with van der Waals surface area (Å²) in [5.41, 5.74) is 0. The van der Waals surface area contributed by atoms with Crippen LogP contribution in [0.4, 0.5) is 0 Å². The van der Waals surface area contributed by atoms with E-state index < -0.39 is 33.5 Å². The lowest BCUT2D eigenvalue weighted by Gasteiger charge is -2.12. The van der Waals surface area contributed by atoms with Crippen LogP contribution in [-0.2, 0) is 19.4 Å². The minimum Gasteiger partial charge on any atom is -0.481 e.